The molecule has 1 amide bonds. The number of fused-ring (bicyclic) bond motifs is 1. The Balaban J connectivity index is 1.46. The number of carbonyl (C=O) groups is 1. The Morgan fingerprint density at radius 2 is 2.16 bits per heavy atom. The van der Waals surface area contributed by atoms with Crippen LogP contribution < -0.4 is 10.2 Å². The van der Waals surface area contributed by atoms with Crippen molar-refractivity contribution in [2.24, 2.45) is 14.1 Å². The van der Waals surface area contributed by atoms with Gasteiger partial charge >= 0.3 is 0 Å². The van der Waals surface area contributed by atoms with Crippen molar-refractivity contribution in [3.63, 3.8) is 0 Å². The van der Waals surface area contributed by atoms with Crippen LogP contribution in [-0.4, -0.2) is 44.4 Å². The van der Waals surface area contributed by atoms with Gasteiger partial charge in [-0.05, 0) is 31.5 Å². The number of carbonyl (C=O) groups excluding carboxylic acids is 1. The molecule has 1 saturated heterocycles. The van der Waals surface area contributed by atoms with Crippen LogP contribution >= 0.6 is 0 Å². The van der Waals surface area contributed by atoms with Crippen LogP contribution in [0.25, 0.3) is 11.0 Å². The van der Waals surface area contributed by atoms with Gasteiger partial charge in [0.1, 0.15) is 5.82 Å². The van der Waals surface area contributed by atoms with Gasteiger partial charge in [0.25, 0.3) is 5.91 Å². The lowest BCUT2D eigenvalue weighted by Gasteiger charge is -2.17. The van der Waals surface area contributed by atoms with Crippen molar-refractivity contribution in [1.29, 1.82) is 0 Å². The highest BCUT2D eigenvalue weighted by Gasteiger charge is 2.25. The Kier molecular flexibility index (Phi) is 3.71. The molecule has 7 nitrogen and oxygen atoms in total. The Morgan fingerprint density at radius 3 is 2.92 bits per heavy atom. The fourth-order valence-corrected chi connectivity index (χ4v) is 3.40. The van der Waals surface area contributed by atoms with Gasteiger partial charge in [-0.2, -0.15) is 5.10 Å². The maximum Gasteiger partial charge on any atom is 0.251 e. The van der Waals surface area contributed by atoms with Crippen LogP contribution in [0.2, 0.25) is 0 Å². The number of benzene rings is 1. The number of amides is 1. The molecule has 3 aromatic rings. The molecule has 130 valence electrons. The van der Waals surface area contributed by atoms with Gasteiger partial charge < -0.3 is 14.8 Å². The number of hydrogen-bond donors (Lipinski definition) is 1. The van der Waals surface area contributed by atoms with E-state index in [1.807, 2.05) is 56.2 Å². The number of rotatable bonds is 3. The zero-order chi connectivity index (χ0) is 17.6. The summed E-state index contributed by atoms with van der Waals surface area (Å²) in [6.45, 7) is 3.70. The lowest BCUT2D eigenvalue weighted by atomic mass is 10.1. The average Bonchev–Trinajstić information content (AvgIpc) is 3.28. The van der Waals surface area contributed by atoms with E-state index in [0.29, 0.717) is 5.56 Å². The van der Waals surface area contributed by atoms with Gasteiger partial charge in [-0.3, -0.25) is 9.48 Å². The van der Waals surface area contributed by atoms with Crippen LogP contribution in [-0.2, 0) is 14.1 Å². The summed E-state index contributed by atoms with van der Waals surface area (Å²) in [6.07, 6.45) is 4.80. The highest BCUT2D eigenvalue weighted by atomic mass is 16.1. The second-order valence-corrected chi connectivity index (χ2v) is 6.70. The van der Waals surface area contributed by atoms with Crippen LogP contribution in [0.5, 0.6) is 0 Å². The summed E-state index contributed by atoms with van der Waals surface area (Å²) in [6, 6.07) is 5.82. The van der Waals surface area contributed by atoms with Crippen molar-refractivity contribution in [3.8, 4) is 0 Å². The Morgan fingerprint density at radius 1 is 1.32 bits per heavy atom. The topological polar surface area (TPSA) is 68.0 Å². The van der Waals surface area contributed by atoms with E-state index < -0.39 is 0 Å². The molecule has 0 radical (unpaired) electrons. The SMILES string of the molecule is Cc1nc2ccc(C(=O)NC3CCN(c4cnn(C)c4)C3)cc2n1C. The fourth-order valence-electron chi connectivity index (χ4n) is 3.40. The number of anilines is 1. The molecule has 0 aliphatic carbocycles. The van der Waals surface area contributed by atoms with Gasteiger partial charge in [0, 0.05) is 45.0 Å². The predicted octanol–water partition coefficient (Wildman–Crippen LogP) is 1.62. The van der Waals surface area contributed by atoms with Gasteiger partial charge in [0.15, 0.2) is 0 Å². The number of nitrogens with zero attached hydrogens (tertiary/aromatic N) is 5. The molecule has 1 unspecified atom stereocenters. The van der Waals surface area contributed by atoms with Gasteiger partial charge in [-0.25, -0.2) is 4.98 Å². The van der Waals surface area contributed by atoms with Crippen LogP contribution in [0.4, 0.5) is 5.69 Å². The molecule has 3 heterocycles. The van der Waals surface area contributed by atoms with Crippen molar-refractivity contribution in [1.82, 2.24) is 24.6 Å². The lowest BCUT2D eigenvalue weighted by Crippen LogP contribution is -2.37. The van der Waals surface area contributed by atoms with E-state index in [1.165, 1.54) is 0 Å². The fraction of sp³-hybridized carbons (Fsp3) is 0.389. The van der Waals surface area contributed by atoms with Crippen LogP contribution in [0.3, 0.4) is 0 Å². The molecule has 0 spiro atoms. The van der Waals surface area contributed by atoms with Crippen molar-refractivity contribution in [3.05, 3.63) is 42.0 Å². The Bertz CT molecular complexity index is 940. The largest absolute Gasteiger partial charge is 0.367 e. The van der Waals surface area contributed by atoms with E-state index in [4.69, 9.17) is 0 Å². The predicted molar refractivity (Wildman–Crippen MR) is 96.7 cm³/mol. The second kappa shape index (κ2) is 5.91. The van der Waals surface area contributed by atoms with E-state index in [2.05, 4.69) is 20.3 Å². The molecule has 1 atom stereocenters. The zero-order valence-electron chi connectivity index (χ0n) is 14.7. The zero-order valence-corrected chi connectivity index (χ0v) is 14.7. The van der Waals surface area contributed by atoms with Crippen molar-refractivity contribution in [2.75, 3.05) is 18.0 Å². The molecule has 2 aromatic heterocycles. The molecular weight excluding hydrogens is 316 g/mol. The number of imidazole rings is 1. The normalized spacial score (nSPS) is 17.4. The minimum Gasteiger partial charge on any atom is -0.367 e. The van der Waals surface area contributed by atoms with E-state index >= 15 is 0 Å². The molecule has 1 aromatic carbocycles. The number of hydrogen-bond acceptors (Lipinski definition) is 4. The standard InChI is InChI=1S/C18H22N6O/c1-12-20-16-5-4-13(8-17(16)23(12)3)18(25)21-14-6-7-24(10-14)15-9-19-22(2)11-15/h4-5,8-9,11,14H,6-7,10H2,1-3H3,(H,21,25). The number of aromatic nitrogens is 4. The molecule has 7 heteroatoms. The summed E-state index contributed by atoms with van der Waals surface area (Å²) in [5.74, 6) is 0.911. The van der Waals surface area contributed by atoms with E-state index in [1.54, 1.807) is 4.68 Å². The lowest BCUT2D eigenvalue weighted by molar-refractivity contribution is 0.0940. The highest BCUT2D eigenvalue weighted by Crippen LogP contribution is 2.20. The first-order chi connectivity index (χ1) is 12.0. The molecule has 0 bridgehead atoms. The maximum absolute atomic E-state index is 12.6. The van der Waals surface area contributed by atoms with Gasteiger partial charge in [0.2, 0.25) is 0 Å². The third-order valence-electron chi connectivity index (χ3n) is 4.95. The van der Waals surface area contributed by atoms with E-state index in [0.717, 1.165) is 42.1 Å². The quantitative estimate of drug-likeness (QED) is 0.788. The van der Waals surface area contributed by atoms with E-state index in [9.17, 15) is 4.79 Å². The van der Waals surface area contributed by atoms with Gasteiger partial charge in [-0.15, -0.1) is 0 Å². The number of aryl methyl sites for hydroxylation is 3. The monoisotopic (exact) mass is 338 g/mol. The van der Waals surface area contributed by atoms with Crippen LogP contribution in [0, 0.1) is 6.92 Å². The molecule has 25 heavy (non-hydrogen) atoms. The molecule has 4 rings (SSSR count). The third kappa shape index (κ3) is 2.86. The minimum atomic E-state index is -0.0289. The summed E-state index contributed by atoms with van der Waals surface area (Å²) in [4.78, 5) is 19.4. The minimum absolute atomic E-state index is 0.0289. The molecule has 1 aliphatic heterocycles. The molecule has 0 saturated carbocycles. The molecule has 1 N–H and O–H groups in total. The summed E-state index contributed by atoms with van der Waals surface area (Å²) < 4.78 is 3.80. The Labute approximate surface area is 146 Å². The molecular formula is C18H22N6O. The third-order valence-corrected chi connectivity index (χ3v) is 4.95. The highest BCUT2D eigenvalue weighted by molar-refractivity contribution is 5.97. The average molecular weight is 338 g/mol. The summed E-state index contributed by atoms with van der Waals surface area (Å²) in [7, 11) is 3.88. The molecule has 1 fully saturated rings. The van der Waals surface area contributed by atoms with Gasteiger partial charge in [0.05, 0.1) is 22.9 Å². The summed E-state index contributed by atoms with van der Waals surface area (Å²) in [5.41, 5.74) is 3.68. The summed E-state index contributed by atoms with van der Waals surface area (Å²) >= 11 is 0. The van der Waals surface area contributed by atoms with Crippen molar-refractivity contribution in [2.45, 2.75) is 19.4 Å². The smallest absolute Gasteiger partial charge is 0.251 e. The number of nitrogens with one attached hydrogen (secondary N) is 1. The van der Waals surface area contributed by atoms with Crippen molar-refractivity contribution >= 4 is 22.6 Å². The summed E-state index contributed by atoms with van der Waals surface area (Å²) in [5, 5.41) is 7.37. The first-order valence-corrected chi connectivity index (χ1v) is 8.49. The van der Waals surface area contributed by atoms with Crippen molar-refractivity contribution < 1.29 is 4.79 Å². The van der Waals surface area contributed by atoms with Crippen LogP contribution in [0.15, 0.2) is 30.6 Å². The second-order valence-electron chi connectivity index (χ2n) is 6.70. The first kappa shape index (κ1) is 15.7. The molecule has 1 aliphatic rings. The maximum atomic E-state index is 12.6. The van der Waals surface area contributed by atoms with Gasteiger partial charge in [-0.1, -0.05) is 0 Å². The van der Waals surface area contributed by atoms with Crippen LogP contribution in [0.1, 0.15) is 22.6 Å². The van der Waals surface area contributed by atoms with E-state index in [-0.39, 0.29) is 11.9 Å². The Hall–Kier alpha value is -2.83. The first-order valence-electron chi connectivity index (χ1n) is 8.49.